The standard InChI is InChI=1S/C30H48O2/c1-19(2)20(3)8-9-21(4)26-12-13-27-25-11-10-23-18-24(32-22(5)31)14-16-29(23,6)28(25)15-17-30(26,27)7/h11,19,21,23-24,26-28H,3,8-10,12-18H2,1-2,4-7H3/t21-,23?,24-,26?,27?,28?,29-,30+/m0/s1. The van der Waals surface area contributed by atoms with Crippen LogP contribution in [0.3, 0.4) is 0 Å². The first-order valence-corrected chi connectivity index (χ1v) is 13.6. The Kier molecular flexibility index (Phi) is 6.74. The third kappa shape index (κ3) is 4.14. The van der Waals surface area contributed by atoms with E-state index in [1.807, 2.05) is 5.57 Å². The number of esters is 1. The van der Waals surface area contributed by atoms with Crippen molar-refractivity contribution in [2.45, 2.75) is 112 Å². The number of hydrogen-bond acceptors (Lipinski definition) is 2. The lowest BCUT2D eigenvalue weighted by molar-refractivity contribution is -0.152. The van der Waals surface area contributed by atoms with Gasteiger partial charge in [0.05, 0.1) is 0 Å². The van der Waals surface area contributed by atoms with Crippen LogP contribution in [0.2, 0.25) is 0 Å². The van der Waals surface area contributed by atoms with Gasteiger partial charge in [0, 0.05) is 6.92 Å². The van der Waals surface area contributed by atoms with Crippen molar-refractivity contribution in [1.29, 1.82) is 0 Å². The van der Waals surface area contributed by atoms with Crippen molar-refractivity contribution in [2.24, 2.45) is 46.3 Å². The zero-order valence-electron chi connectivity index (χ0n) is 21.7. The normalized spacial score (nSPS) is 41.8. The first-order chi connectivity index (χ1) is 15.1. The summed E-state index contributed by atoms with van der Waals surface area (Å²) < 4.78 is 5.64. The summed E-state index contributed by atoms with van der Waals surface area (Å²) in [4.78, 5) is 11.5. The molecule has 2 nitrogen and oxygen atoms in total. The molecule has 3 saturated carbocycles. The molecule has 0 N–H and O–H groups in total. The molecule has 3 fully saturated rings. The number of hydrogen-bond donors (Lipinski definition) is 0. The van der Waals surface area contributed by atoms with Crippen molar-refractivity contribution in [3.05, 3.63) is 23.8 Å². The van der Waals surface area contributed by atoms with Gasteiger partial charge in [-0.15, -0.1) is 0 Å². The number of allylic oxidation sites excluding steroid dienone is 3. The average molecular weight is 441 g/mol. The SMILES string of the molecule is C=C(CC[C@H](C)C1CCC2C3=CCC4C[C@@H](OC(C)=O)CC[C@]4(C)C3CC[C@@]21C)C(C)C. The number of carbonyl (C=O) groups is 1. The van der Waals surface area contributed by atoms with Crippen LogP contribution in [0.5, 0.6) is 0 Å². The number of carbonyl (C=O) groups excluding carboxylic acids is 1. The zero-order chi connectivity index (χ0) is 23.3. The highest BCUT2D eigenvalue weighted by molar-refractivity contribution is 5.66. The van der Waals surface area contributed by atoms with E-state index < -0.39 is 0 Å². The van der Waals surface area contributed by atoms with Gasteiger partial charge in [-0.05, 0) is 111 Å². The molecule has 8 atom stereocenters. The predicted molar refractivity (Wildman–Crippen MR) is 133 cm³/mol. The van der Waals surface area contributed by atoms with Crippen LogP contribution in [0.4, 0.5) is 0 Å². The van der Waals surface area contributed by atoms with Gasteiger partial charge in [-0.1, -0.05) is 58.4 Å². The second kappa shape index (κ2) is 8.95. The Morgan fingerprint density at radius 1 is 1.09 bits per heavy atom. The van der Waals surface area contributed by atoms with E-state index in [0.717, 1.165) is 36.5 Å². The molecule has 4 aliphatic carbocycles. The Bertz CT molecular complexity index is 763. The summed E-state index contributed by atoms with van der Waals surface area (Å²) >= 11 is 0. The molecular weight excluding hydrogens is 392 g/mol. The van der Waals surface area contributed by atoms with Gasteiger partial charge in [0.15, 0.2) is 0 Å². The highest BCUT2D eigenvalue weighted by Crippen LogP contribution is 2.67. The van der Waals surface area contributed by atoms with Crippen LogP contribution in [0.25, 0.3) is 0 Å². The summed E-state index contributed by atoms with van der Waals surface area (Å²) in [5.74, 6) is 4.39. The van der Waals surface area contributed by atoms with E-state index in [2.05, 4.69) is 47.3 Å². The van der Waals surface area contributed by atoms with Gasteiger partial charge in [-0.25, -0.2) is 0 Å². The molecular formula is C30H48O2. The molecule has 0 aromatic rings. The first-order valence-electron chi connectivity index (χ1n) is 13.6. The minimum Gasteiger partial charge on any atom is -0.463 e. The fourth-order valence-corrected chi connectivity index (χ4v) is 8.69. The largest absolute Gasteiger partial charge is 0.463 e. The fraction of sp³-hybridized carbons (Fsp3) is 0.833. The minimum absolute atomic E-state index is 0.109. The molecule has 180 valence electrons. The smallest absolute Gasteiger partial charge is 0.302 e. The van der Waals surface area contributed by atoms with Gasteiger partial charge < -0.3 is 4.74 Å². The Labute approximate surface area is 197 Å². The minimum atomic E-state index is -0.109. The summed E-state index contributed by atoms with van der Waals surface area (Å²) in [6, 6.07) is 0. The molecule has 0 aliphatic heterocycles. The molecule has 0 saturated heterocycles. The lowest BCUT2D eigenvalue weighted by Gasteiger charge is -2.58. The summed E-state index contributed by atoms with van der Waals surface area (Å²) in [7, 11) is 0. The molecule has 32 heavy (non-hydrogen) atoms. The molecule has 4 rings (SSSR count). The molecule has 0 aromatic heterocycles. The van der Waals surface area contributed by atoms with Gasteiger partial charge in [-0.3, -0.25) is 4.79 Å². The Balaban J connectivity index is 1.48. The van der Waals surface area contributed by atoms with Gasteiger partial charge in [0.2, 0.25) is 0 Å². The van der Waals surface area contributed by atoms with Crippen molar-refractivity contribution < 1.29 is 9.53 Å². The maximum atomic E-state index is 11.5. The summed E-state index contributed by atoms with van der Waals surface area (Å²) in [5.41, 5.74) is 4.16. The molecule has 0 aromatic carbocycles. The molecule has 2 heteroatoms. The van der Waals surface area contributed by atoms with Crippen molar-refractivity contribution in [3.8, 4) is 0 Å². The van der Waals surface area contributed by atoms with Crippen LogP contribution < -0.4 is 0 Å². The van der Waals surface area contributed by atoms with Gasteiger partial charge in [-0.2, -0.15) is 0 Å². The second-order valence-corrected chi connectivity index (χ2v) is 12.8. The van der Waals surface area contributed by atoms with Crippen molar-refractivity contribution >= 4 is 5.97 Å². The van der Waals surface area contributed by atoms with Crippen LogP contribution in [0.15, 0.2) is 23.8 Å². The summed E-state index contributed by atoms with van der Waals surface area (Å²) in [6.45, 7) is 18.2. The molecule has 0 spiro atoms. The van der Waals surface area contributed by atoms with Crippen LogP contribution in [-0.2, 0) is 9.53 Å². The van der Waals surface area contributed by atoms with Crippen LogP contribution in [-0.4, -0.2) is 12.1 Å². The summed E-state index contributed by atoms with van der Waals surface area (Å²) in [6.07, 6.45) is 15.4. The van der Waals surface area contributed by atoms with Crippen molar-refractivity contribution in [3.63, 3.8) is 0 Å². The number of rotatable bonds is 6. The van der Waals surface area contributed by atoms with E-state index in [9.17, 15) is 4.79 Å². The van der Waals surface area contributed by atoms with E-state index in [4.69, 9.17) is 4.74 Å². The van der Waals surface area contributed by atoms with Crippen molar-refractivity contribution in [1.82, 2.24) is 0 Å². The van der Waals surface area contributed by atoms with Crippen molar-refractivity contribution in [2.75, 3.05) is 0 Å². The highest BCUT2D eigenvalue weighted by Gasteiger charge is 2.58. The van der Waals surface area contributed by atoms with Gasteiger partial charge in [0.1, 0.15) is 6.10 Å². The fourth-order valence-electron chi connectivity index (χ4n) is 8.69. The molecule has 4 aliphatic rings. The van der Waals surface area contributed by atoms with Gasteiger partial charge in [0.25, 0.3) is 0 Å². The Morgan fingerprint density at radius 2 is 1.78 bits per heavy atom. The average Bonchev–Trinajstić information content (AvgIpc) is 3.08. The predicted octanol–water partition coefficient (Wildman–Crippen LogP) is 8.13. The zero-order valence-corrected chi connectivity index (χ0v) is 21.7. The van der Waals surface area contributed by atoms with E-state index in [-0.39, 0.29) is 12.1 Å². The first kappa shape index (κ1) is 24.1. The third-order valence-corrected chi connectivity index (χ3v) is 10.9. The van der Waals surface area contributed by atoms with Crippen LogP contribution in [0, 0.1) is 46.3 Å². The van der Waals surface area contributed by atoms with E-state index in [0.29, 0.717) is 22.7 Å². The topological polar surface area (TPSA) is 26.3 Å². The molecule has 0 radical (unpaired) electrons. The number of ether oxygens (including phenoxy) is 1. The Morgan fingerprint density at radius 3 is 2.47 bits per heavy atom. The molecule has 0 heterocycles. The van der Waals surface area contributed by atoms with E-state index in [1.54, 1.807) is 6.92 Å². The van der Waals surface area contributed by atoms with E-state index >= 15 is 0 Å². The third-order valence-electron chi connectivity index (χ3n) is 10.9. The monoisotopic (exact) mass is 440 g/mol. The molecule has 0 amide bonds. The maximum absolute atomic E-state index is 11.5. The Hall–Kier alpha value is -1.05. The maximum Gasteiger partial charge on any atom is 0.302 e. The molecule has 0 bridgehead atoms. The lowest BCUT2D eigenvalue weighted by atomic mass is 9.47. The summed E-state index contributed by atoms with van der Waals surface area (Å²) in [5, 5.41) is 0. The number of fused-ring (bicyclic) bond motifs is 5. The second-order valence-electron chi connectivity index (χ2n) is 12.8. The van der Waals surface area contributed by atoms with Crippen LogP contribution >= 0.6 is 0 Å². The quantitative estimate of drug-likeness (QED) is 0.308. The molecule has 4 unspecified atom stereocenters. The van der Waals surface area contributed by atoms with Crippen LogP contribution in [0.1, 0.15) is 106 Å². The highest BCUT2D eigenvalue weighted by atomic mass is 16.5. The van der Waals surface area contributed by atoms with E-state index in [1.165, 1.54) is 56.9 Å². The lowest BCUT2D eigenvalue weighted by Crippen LogP contribution is -2.50. The van der Waals surface area contributed by atoms with Gasteiger partial charge >= 0.3 is 5.97 Å².